The minimum atomic E-state index is 0.578. The molecule has 2 atom stereocenters. The molecule has 7 nitrogen and oxygen atoms in total. The van der Waals surface area contributed by atoms with E-state index in [4.69, 9.17) is 4.52 Å². The summed E-state index contributed by atoms with van der Waals surface area (Å²) in [5.41, 5.74) is 0. The number of hydrogen-bond donors (Lipinski definition) is 0. The van der Waals surface area contributed by atoms with Crippen LogP contribution in [0.25, 0.3) is 0 Å². The Labute approximate surface area is 141 Å². The van der Waals surface area contributed by atoms with E-state index in [0.717, 1.165) is 36.8 Å². The van der Waals surface area contributed by atoms with Crippen molar-refractivity contribution in [2.75, 3.05) is 31.1 Å². The number of aryl methyl sites for hydroxylation is 1. The molecule has 7 heteroatoms. The monoisotopic (exact) mass is 328 g/mol. The molecule has 3 saturated heterocycles. The third-order valence-corrected chi connectivity index (χ3v) is 6.09. The van der Waals surface area contributed by atoms with Crippen molar-refractivity contribution in [2.24, 2.45) is 11.8 Å². The van der Waals surface area contributed by atoms with Gasteiger partial charge in [-0.2, -0.15) is 10.1 Å². The quantitative estimate of drug-likeness (QED) is 0.855. The number of likely N-dealkylation sites (tertiary alicyclic amines) is 1. The molecule has 24 heavy (non-hydrogen) atoms. The van der Waals surface area contributed by atoms with Crippen LogP contribution in [0.2, 0.25) is 0 Å². The number of fused-ring (bicyclic) bond motifs is 2. The first-order valence-electron chi connectivity index (χ1n) is 9.06. The largest absolute Gasteiger partial charge is 0.324 e. The van der Waals surface area contributed by atoms with Gasteiger partial charge < -0.3 is 9.42 Å². The van der Waals surface area contributed by atoms with Gasteiger partial charge >= 0.3 is 6.01 Å². The highest BCUT2D eigenvalue weighted by atomic mass is 16.5. The summed E-state index contributed by atoms with van der Waals surface area (Å²) in [5, 5.41) is 8.34. The van der Waals surface area contributed by atoms with Gasteiger partial charge in [-0.1, -0.05) is 5.16 Å². The molecule has 0 spiro atoms. The van der Waals surface area contributed by atoms with Gasteiger partial charge in [0.2, 0.25) is 0 Å². The lowest BCUT2D eigenvalue weighted by Gasteiger charge is -2.58. The van der Waals surface area contributed by atoms with Gasteiger partial charge in [0.25, 0.3) is 0 Å². The topological polar surface area (TPSA) is 63.2 Å². The third kappa shape index (κ3) is 2.33. The Bertz CT molecular complexity index is 678. The molecule has 2 aromatic rings. The van der Waals surface area contributed by atoms with Crippen LogP contribution in [0, 0.1) is 18.8 Å². The molecule has 2 unspecified atom stereocenters. The summed E-state index contributed by atoms with van der Waals surface area (Å²) < 4.78 is 7.49. The first-order chi connectivity index (χ1) is 11.8. The lowest BCUT2D eigenvalue weighted by molar-refractivity contribution is -0.0323. The summed E-state index contributed by atoms with van der Waals surface area (Å²) >= 11 is 0. The molecule has 0 radical (unpaired) electrons. The van der Waals surface area contributed by atoms with Crippen molar-refractivity contribution in [3.05, 3.63) is 24.3 Å². The van der Waals surface area contributed by atoms with Gasteiger partial charge in [-0.25, -0.2) is 0 Å². The summed E-state index contributed by atoms with van der Waals surface area (Å²) in [6.45, 7) is 6.39. The Balaban J connectivity index is 1.20. The standard InChI is InChI=1S/C17H24N6O/c1-12-19-17(24-20-12)22-10-13-9-14(11-22)16(13)21-7-3-15(4-8-21)23-6-2-5-18-23/h2,5-6,13-16H,3-4,7-11H2,1H3. The van der Waals surface area contributed by atoms with Crippen LogP contribution in [0.15, 0.2) is 23.0 Å². The molecule has 0 aromatic carbocycles. The van der Waals surface area contributed by atoms with Crippen LogP contribution < -0.4 is 4.90 Å². The zero-order valence-electron chi connectivity index (χ0n) is 14.1. The molecule has 3 aliphatic heterocycles. The molecule has 0 N–H and O–H groups in total. The van der Waals surface area contributed by atoms with E-state index < -0.39 is 0 Å². The summed E-state index contributed by atoms with van der Waals surface area (Å²) in [4.78, 5) is 9.41. The van der Waals surface area contributed by atoms with Crippen molar-refractivity contribution >= 4 is 6.01 Å². The van der Waals surface area contributed by atoms with E-state index in [1.165, 1.54) is 32.4 Å². The number of anilines is 1. The summed E-state index contributed by atoms with van der Waals surface area (Å²) in [6.07, 6.45) is 7.76. The molecule has 5 heterocycles. The summed E-state index contributed by atoms with van der Waals surface area (Å²) in [5.74, 6) is 2.22. The van der Waals surface area contributed by atoms with E-state index in [0.29, 0.717) is 12.1 Å². The second-order valence-electron chi connectivity index (χ2n) is 7.53. The van der Waals surface area contributed by atoms with Crippen molar-refractivity contribution < 1.29 is 4.52 Å². The molecule has 4 fully saturated rings. The highest BCUT2D eigenvalue weighted by molar-refractivity contribution is 5.30. The van der Waals surface area contributed by atoms with E-state index in [-0.39, 0.29) is 0 Å². The lowest BCUT2D eigenvalue weighted by Crippen LogP contribution is -2.65. The predicted molar refractivity (Wildman–Crippen MR) is 88.7 cm³/mol. The average molecular weight is 328 g/mol. The normalized spacial score (nSPS) is 31.2. The maximum atomic E-state index is 5.35. The van der Waals surface area contributed by atoms with Crippen LogP contribution in [0.1, 0.15) is 31.1 Å². The van der Waals surface area contributed by atoms with Crippen LogP contribution in [0.3, 0.4) is 0 Å². The number of nitrogens with zero attached hydrogens (tertiary/aromatic N) is 6. The van der Waals surface area contributed by atoms with Crippen LogP contribution in [0.4, 0.5) is 6.01 Å². The number of piperidine rings is 3. The van der Waals surface area contributed by atoms with E-state index in [2.05, 4.69) is 35.9 Å². The fraction of sp³-hybridized carbons (Fsp3) is 0.706. The first-order valence-corrected chi connectivity index (χ1v) is 9.06. The highest BCUT2D eigenvalue weighted by Gasteiger charge is 2.50. The minimum Gasteiger partial charge on any atom is -0.324 e. The molecular weight excluding hydrogens is 304 g/mol. The smallest absolute Gasteiger partial charge is 0.324 e. The van der Waals surface area contributed by atoms with Gasteiger partial charge in [-0.05, 0) is 44.1 Å². The Morgan fingerprint density at radius 1 is 1.17 bits per heavy atom. The van der Waals surface area contributed by atoms with Gasteiger partial charge in [0.05, 0.1) is 6.04 Å². The molecule has 2 bridgehead atoms. The van der Waals surface area contributed by atoms with Crippen LogP contribution in [-0.2, 0) is 0 Å². The van der Waals surface area contributed by atoms with Crippen molar-refractivity contribution in [3.8, 4) is 0 Å². The molecule has 128 valence electrons. The Kier molecular flexibility index (Phi) is 3.36. The van der Waals surface area contributed by atoms with Crippen LogP contribution in [0.5, 0.6) is 0 Å². The SMILES string of the molecule is Cc1noc(N2CC3CC(C2)C3N2CCC(n3cccn3)CC2)n1. The van der Waals surface area contributed by atoms with E-state index in [1.807, 2.05) is 19.2 Å². The summed E-state index contributed by atoms with van der Waals surface area (Å²) in [7, 11) is 0. The molecule has 4 aliphatic rings. The van der Waals surface area contributed by atoms with Crippen molar-refractivity contribution in [2.45, 2.75) is 38.3 Å². The van der Waals surface area contributed by atoms with Crippen molar-refractivity contribution in [1.82, 2.24) is 24.8 Å². The molecule has 2 aromatic heterocycles. The van der Waals surface area contributed by atoms with E-state index in [1.54, 1.807) is 0 Å². The van der Waals surface area contributed by atoms with Crippen LogP contribution in [-0.4, -0.2) is 57.0 Å². The van der Waals surface area contributed by atoms with Gasteiger partial charge in [-0.3, -0.25) is 9.58 Å². The second-order valence-corrected chi connectivity index (χ2v) is 7.53. The lowest BCUT2D eigenvalue weighted by atomic mass is 9.65. The van der Waals surface area contributed by atoms with Gasteiger partial charge in [0.15, 0.2) is 5.82 Å². The average Bonchev–Trinajstić information content (AvgIpc) is 3.27. The second kappa shape index (κ2) is 5.58. The Morgan fingerprint density at radius 2 is 1.96 bits per heavy atom. The molecule has 1 saturated carbocycles. The Morgan fingerprint density at radius 3 is 2.58 bits per heavy atom. The van der Waals surface area contributed by atoms with Gasteiger partial charge in [0.1, 0.15) is 0 Å². The minimum absolute atomic E-state index is 0.578. The van der Waals surface area contributed by atoms with E-state index >= 15 is 0 Å². The van der Waals surface area contributed by atoms with Crippen molar-refractivity contribution in [1.29, 1.82) is 0 Å². The Hall–Kier alpha value is -1.89. The maximum absolute atomic E-state index is 5.35. The molecule has 6 rings (SSSR count). The molecule has 1 aliphatic carbocycles. The number of aromatic nitrogens is 4. The predicted octanol–water partition coefficient (Wildman–Crippen LogP) is 1.74. The fourth-order valence-electron chi connectivity index (χ4n) is 4.97. The summed E-state index contributed by atoms with van der Waals surface area (Å²) in [6, 6.07) is 4.06. The fourth-order valence-corrected chi connectivity index (χ4v) is 4.97. The van der Waals surface area contributed by atoms with E-state index in [9.17, 15) is 0 Å². The van der Waals surface area contributed by atoms with Crippen molar-refractivity contribution in [3.63, 3.8) is 0 Å². The van der Waals surface area contributed by atoms with Gasteiger partial charge in [0, 0.05) is 44.6 Å². The third-order valence-electron chi connectivity index (χ3n) is 6.09. The molecule has 0 amide bonds. The number of rotatable bonds is 3. The zero-order chi connectivity index (χ0) is 16.1. The molecular formula is C17H24N6O. The first kappa shape index (κ1) is 14.5. The number of hydrogen-bond acceptors (Lipinski definition) is 6. The van der Waals surface area contributed by atoms with Crippen LogP contribution >= 0.6 is 0 Å². The zero-order valence-corrected chi connectivity index (χ0v) is 14.1. The highest BCUT2D eigenvalue weighted by Crippen LogP contribution is 2.45. The maximum Gasteiger partial charge on any atom is 0.324 e. The van der Waals surface area contributed by atoms with Gasteiger partial charge in [-0.15, -0.1) is 0 Å².